The highest BCUT2D eigenvalue weighted by atomic mass is 79.9. The molecule has 6 heteroatoms. The Morgan fingerprint density at radius 1 is 1.38 bits per heavy atom. The van der Waals surface area contributed by atoms with Crippen molar-refractivity contribution in [1.29, 1.82) is 0 Å². The quantitative estimate of drug-likeness (QED) is 0.595. The number of hydrogen-bond acceptors (Lipinski definition) is 3. The third-order valence-corrected chi connectivity index (χ3v) is 5.45. The van der Waals surface area contributed by atoms with Gasteiger partial charge in [-0.15, -0.1) is 22.9 Å². The molecule has 21 heavy (non-hydrogen) atoms. The van der Waals surface area contributed by atoms with Crippen LogP contribution in [-0.2, 0) is 13.0 Å². The summed E-state index contributed by atoms with van der Waals surface area (Å²) in [4.78, 5) is 5.99. The lowest BCUT2D eigenvalue weighted by atomic mass is 10.3. The Balaban J connectivity index is 2.09. The molecule has 0 unspecified atom stereocenters. The standard InChI is InChI=1S/C15H14BrClN2OS/c1-20-10-2-3-13-12(8-10)18-15(4-6-17)19(13)9-14-11(16)5-7-21-14/h2-3,5,7-8H,4,6,9H2,1H3. The number of benzene rings is 1. The molecule has 3 aromatic rings. The van der Waals surface area contributed by atoms with Gasteiger partial charge in [0, 0.05) is 27.7 Å². The Hall–Kier alpha value is -1.04. The van der Waals surface area contributed by atoms with Crippen molar-refractivity contribution >= 4 is 49.9 Å². The molecule has 0 bridgehead atoms. The van der Waals surface area contributed by atoms with E-state index in [0.29, 0.717) is 5.88 Å². The minimum absolute atomic E-state index is 0.562. The van der Waals surface area contributed by atoms with E-state index < -0.39 is 0 Å². The average Bonchev–Trinajstić information content (AvgIpc) is 3.04. The summed E-state index contributed by atoms with van der Waals surface area (Å²) < 4.78 is 8.64. The van der Waals surface area contributed by atoms with Gasteiger partial charge in [0.05, 0.1) is 24.7 Å². The molecule has 0 aliphatic carbocycles. The van der Waals surface area contributed by atoms with Crippen molar-refractivity contribution in [2.75, 3.05) is 13.0 Å². The molecule has 3 rings (SSSR count). The summed E-state index contributed by atoms with van der Waals surface area (Å²) in [5, 5.41) is 2.09. The summed E-state index contributed by atoms with van der Waals surface area (Å²) in [5.41, 5.74) is 2.05. The van der Waals surface area contributed by atoms with Gasteiger partial charge in [-0.1, -0.05) is 0 Å². The van der Waals surface area contributed by atoms with Crippen LogP contribution in [0.2, 0.25) is 0 Å². The van der Waals surface area contributed by atoms with Crippen LogP contribution >= 0.6 is 38.9 Å². The van der Waals surface area contributed by atoms with Crippen molar-refractivity contribution in [2.45, 2.75) is 13.0 Å². The largest absolute Gasteiger partial charge is 0.497 e. The molecular weight excluding hydrogens is 372 g/mol. The summed E-state index contributed by atoms with van der Waals surface area (Å²) in [6, 6.07) is 8.06. The van der Waals surface area contributed by atoms with Gasteiger partial charge in [0.15, 0.2) is 0 Å². The van der Waals surface area contributed by atoms with Crippen molar-refractivity contribution in [2.24, 2.45) is 0 Å². The Bertz CT molecular complexity index is 768. The molecule has 0 aliphatic heterocycles. The molecule has 0 radical (unpaired) electrons. The number of hydrogen-bond donors (Lipinski definition) is 0. The highest BCUT2D eigenvalue weighted by Crippen LogP contribution is 2.28. The van der Waals surface area contributed by atoms with Crippen molar-refractivity contribution in [1.82, 2.24) is 9.55 Å². The van der Waals surface area contributed by atoms with Crippen molar-refractivity contribution in [3.8, 4) is 5.75 Å². The van der Waals surface area contributed by atoms with E-state index in [1.54, 1.807) is 18.4 Å². The Kier molecular flexibility index (Phi) is 4.52. The molecule has 110 valence electrons. The van der Waals surface area contributed by atoms with Gasteiger partial charge in [-0.05, 0) is 39.5 Å². The van der Waals surface area contributed by atoms with Crippen LogP contribution in [0.1, 0.15) is 10.7 Å². The number of rotatable bonds is 5. The summed E-state index contributed by atoms with van der Waals surface area (Å²) in [6.07, 6.45) is 0.752. The fraction of sp³-hybridized carbons (Fsp3) is 0.267. The van der Waals surface area contributed by atoms with E-state index in [-0.39, 0.29) is 0 Å². The van der Waals surface area contributed by atoms with Gasteiger partial charge in [0.25, 0.3) is 0 Å². The first kappa shape index (κ1) is 14.9. The van der Waals surface area contributed by atoms with Gasteiger partial charge in [0.1, 0.15) is 11.6 Å². The summed E-state index contributed by atoms with van der Waals surface area (Å²) in [6.45, 7) is 0.799. The second-order valence-electron chi connectivity index (χ2n) is 4.60. The van der Waals surface area contributed by atoms with Crippen molar-refractivity contribution in [3.05, 3.63) is 44.8 Å². The van der Waals surface area contributed by atoms with E-state index in [4.69, 9.17) is 21.3 Å². The summed E-state index contributed by atoms with van der Waals surface area (Å²) in [7, 11) is 1.67. The normalized spacial score (nSPS) is 11.2. The number of aromatic nitrogens is 2. The van der Waals surface area contributed by atoms with E-state index in [2.05, 4.69) is 38.0 Å². The molecule has 0 spiro atoms. The third-order valence-electron chi connectivity index (χ3n) is 3.35. The average molecular weight is 386 g/mol. The van der Waals surface area contributed by atoms with Crippen LogP contribution in [0.5, 0.6) is 5.75 Å². The smallest absolute Gasteiger partial charge is 0.121 e. The Morgan fingerprint density at radius 2 is 2.24 bits per heavy atom. The highest BCUT2D eigenvalue weighted by molar-refractivity contribution is 9.10. The second kappa shape index (κ2) is 6.38. The number of ether oxygens (including phenoxy) is 1. The summed E-state index contributed by atoms with van der Waals surface area (Å²) in [5.74, 6) is 2.39. The minimum Gasteiger partial charge on any atom is -0.497 e. The second-order valence-corrected chi connectivity index (χ2v) is 6.83. The number of methoxy groups -OCH3 is 1. The molecule has 0 aliphatic rings. The molecule has 3 nitrogen and oxygen atoms in total. The number of imidazole rings is 1. The van der Waals surface area contributed by atoms with E-state index in [1.807, 2.05) is 12.1 Å². The lowest BCUT2D eigenvalue weighted by Gasteiger charge is -2.08. The predicted octanol–water partition coefficient (Wildman–Crippen LogP) is 4.70. The maximum atomic E-state index is 5.92. The van der Waals surface area contributed by atoms with Gasteiger partial charge in [0.2, 0.25) is 0 Å². The van der Waals surface area contributed by atoms with E-state index in [9.17, 15) is 0 Å². The maximum absolute atomic E-state index is 5.92. The van der Waals surface area contributed by atoms with Crippen LogP contribution in [0, 0.1) is 0 Å². The van der Waals surface area contributed by atoms with Gasteiger partial charge in [-0.3, -0.25) is 0 Å². The number of aryl methyl sites for hydroxylation is 1. The van der Waals surface area contributed by atoms with Crippen molar-refractivity contribution in [3.63, 3.8) is 0 Å². The fourth-order valence-corrected chi connectivity index (χ4v) is 3.95. The number of nitrogens with zero attached hydrogens (tertiary/aromatic N) is 2. The number of halogens is 2. The van der Waals surface area contributed by atoms with Gasteiger partial charge < -0.3 is 9.30 Å². The zero-order chi connectivity index (χ0) is 14.8. The zero-order valence-electron chi connectivity index (χ0n) is 11.5. The molecule has 2 heterocycles. The number of thiophene rings is 1. The monoisotopic (exact) mass is 384 g/mol. The number of alkyl halides is 1. The lowest BCUT2D eigenvalue weighted by molar-refractivity contribution is 0.415. The van der Waals surface area contributed by atoms with Crippen LogP contribution in [0.3, 0.4) is 0 Å². The van der Waals surface area contributed by atoms with Gasteiger partial charge in [-0.25, -0.2) is 4.98 Å². The lowest BCUT2D eigenvalue weighted by Crippen LogP contribution is -2.05. The van der Waals surface area contributed by atoms with E-state index in [1.165, 1.54) is 4.88 Å². The molecule has 0 fully saturated rings. The first-order valence-electron chi connectivity index (χ1n) is 6.54. The minimum atomic E-state index is 0.562. The SMILES string of the molecule is COc1ccc2c(c1)nc(CCCl)n2Cc1sccc1Br. The first-order chi connectivity index (χ1) is 10.2. The van der Waals surface area contributed by atoms with Crippen LogP contribution in [0.25, 0.3) is 11.0 Å². The van der Waals surface area contributed by atoms with Gasteiger partial charge in [-0.2, -0.15) is 0 Å². The fourth-order valence-electron chi connectivity index (χ4n) is 2.32. The summed E-state index contributed by atoms with van der Waals surface area (Å²) >= 11 is 11.3. The van der Waals surface area contributed by atoms with Crippen LogP contribution in [0.4, 0.5) is 0 Å². The van der Waals surface area contributed by atoms with Crippen LogP contribution < -0.4 is 4.74 Å². The Labute approximate surface area is 140 Å². The molecule has 1 aromatic carbocycles. The zero-order valence-corrected chi connectivity index (χ0v) is 14.6. The number of fused-ring (bicyclic) bond motifs is 1. The molecule has 0 saturated carbocycles. The van der Waals surface area contributed by atoms with E-state index in [0.717, 1.165) is 40.0 Å². The predicted molar refractivity (Wildman–Crippen MR) is 91.8 cm³/mol. The molecule has 0 atom stereocenters. The topological polar surface area (TPSA) is 27.1 Å². The van der Waals surface area contributed by atoms with Gasteiger partial charge >= 0.3 is 0 Å². The molecule has 0 saturated heterocycles. The van der Waals surface area contributed by atoms with Crippen LogP contribution in [0.15, 0.2) is 34.1 Å². The maximum Gasteiger partial charge on any atom is 0.121 e. The molecular formula is C15H14BrClN2OS. The first-order valence-corrected chi connectivity index (χ1v) is 8.74. The third kappa shape index (κ3) is 2.96. The van der Waals surface area contributed by atoms with Crippen molar-refractivity contribution < 1.29 is 4.74 Å². The van der Waals surface area contributed by atoms with E-state index >= 15 is 0 Å². The highest BCUT2D eigenvalue weighted by Gasteiger charge is 2.13. The molecule has 2 aromatic heterocycles. The Morgan fingerprint density at radius 3 is 2.90 bits per heavy atom. The van der Waals surface area contributed by atoms with Crippen LogP contribution in [-0.4, -0.2) is 22.5 Å². The molecule has 0 N–H and O–H groups in total. The molecule has 0 amide bonds.